The van der Waals surface area contributed by atoms with E-state index in [-0.39, 0.29) is 5.56 Å². The molecule has 0 aliphatic rings. The van der Waals surface area contributed by atoms with E-state index in [1.165, 1.54) is 0 Å². The zero-order valence-electron chi connectivity index (χ0n) is 15.5. The van der Waals surface area contributed by atoms with Crippen molar-refractivity contribution in [3.05, 3.63) is 77.9 Å². The minimum Gasteiger partial charge on any atom is -0.497 e. The summed E-state index contributed by atoms with van der Waals surface area (Å²) in [6, 6.07) is 17.9. The molecule has 142 valence electrons. The Hall–Kier alpha value is -4.31. The zero-order valence-corrected chi connectivity index (χ0v) is 15.5. The van der Waals surface area contributed by atoms with Crippen LogP contribution in [-0.2, 0) is 0 Å². The lowest BCUT2D eigenvalue weighted by molar-refractivity contribution is 0.0697. The number of nitrogens with one attached hydrogen (secondary N) is 1. The van der Waals surface area contributed by atoms with Crippen molar-refractivity contribution in [1.82, 2.24) is 14.5 Å². The number of carboxylic acid groups (broad SMARTS) is 1. The number of allylic oxidation sites excluding steroid dienone is 1. The van der Waals surface area contributed by atoms with Crippen molar-refractivity contribution >= 4 is 28.7 Å². The van der Waals surface area contributed by atoms with Crippen LogP contribution in [0.3, 0.4) is 0 Å². The molecule has 0 bridgehead atoms. The standard InChI is InChI=1S/C22H16N4O3/c1-29-18-8-9-19-20(12-18)25-21(24-19)15(13-23)11-17-3-2-10-26(17)16-6-4-14(5-7-16)22(27)28/h2-12H,1H3,(H,24,25)(H,27,28)/b15-11-. The number of carbonyl (C=O) groups is 1. The summed E-state index contributed by atoms with van der Waals surface area (Å²) < 4.78 is 7.09. The maximum Gasteiger partial charge on any atom is 0.335 e. The second-order valence-electron chi connectivity index (χ2n) is 6.29. The molecular formula is C22H16N4O3. The third-order valence-electron chi connectivity index (χ3n) is 4.53. The number of aromatic nitrogens is 3. The summed E-state index contributed by atoms with van der Waals surface area (Å²) in [5.41, 5.74) is 3.66. The molecule has 0 aliphatic heterocycles. The van der Waals surface area contributed by atoms with E-state index >= 15 is 0 Å². The lowest BCUT2D eigenvalue weighted by Gasteiger charge is -2.07. The zero-order chi connectivity index (χ0) is 20.4. The lowest BCUT2D eigenvalue weighted by Crippen LogP contribution is -1.99. The average molecular weight is 384 g/mol. The van der Waals surface area contributed by atoms with Gasteiger partial charge in [-0.05, 0) is 54.6 Å². The number of methoxy groups -OCH3 is 1. The minimum atomic E-state index is -0.975. The first-order valence-electron chi connectivity index (χ1n) is 8.76. The van der Waals surface area contributed by atoms with E-state index < -0.39 is 5.97 Å². The van der Waals surface area contributed by atoms with Gasteiger partial charge in [0.05, 0.1) is 29.3 Å². The average Bonchev–Trinajstić information content (AvgIpc) is 3.38. The smallest absolute Gasteiger partial charge is 0.335 e. The summed E-state index contributed by atoms with van der Waals surface area (Å²) >= 11 is 0. The Morgan fingerprint density at radius 3 is 2.72 bits per heavy atom. The van der Waals surface area contributed by atoms with Gasteiger partial charge in [-0.1, -0.05) is 0 Å². The molecule has 0 unspecified atom stereocenters. The molecule has 2 heterocycles. The number of ether oxygens (including phenoxy) is 1. The number of hydrogen-bond acceptors (Lipinski definition) is 4. The number of imidazole rings is 1. The molecule has 4 aromatic rings. The third kappa shape index (κ3) is 3.47. The first kappa shape index (κ1) is 18.1. The molecule has 29 heavy (non-hydrogen) atoms. The predicted molar refractivity (Wildman–Crippen MR) is 109 cm³/mol. The van der Waals surface area contributed by atoms with Gasteiger partial charge in [0.25, 0.3) is 0 Å². The molecule has 2 aromatic carbocycles. The molecule has 2 N–H and O–H groups in total. The van der Waals surface area contributed by atoms with Crippen molar-refractivity contribution in [3.8, 4) is 17.5 Å². The second kappa shape index (κ2) is 7.37. The summed E-state index contributed by atoms with van der Waals surface area (Å²) in [5.74, 6) is 0.191. The fraction of sp³-hybridized carbons (Fsp3) is 0.0455. The Balaban J connectivity index is 1.73. The van der Waals surface area contributed by atoms with Crippen LogP contribution in [0.25, 0.3) is 28.4 Å². The molecule has 7 nitrogen and oxygen atoms in total. The van der Waals surface area contributed by atoms with Gasteiger partial charge in [0.1, 0.15) is 17.6 Å². The van der Waals surface area contributed by atoms with Crippen LogP contribution in [-0.4, -0.2) is 32.7 Å². The molecule has 4 rings (SSSR count). The fourth-order valence-electron chi connectivity index (χ4n) is 3.06. The first-order chi connectivity index (χ1) is 14.1. The van der Waals surface area contributed by atoms with E-state index in [4.69, 9.17) is 9.84 Å². The van der Waals surface area contributed by atoms with E-state index in [0.717, 1.165) is 22.4 Å². The highest BCUT2D eigenvalue weighted by Crippen LogP contribution is 2.24. The number of nitriles is 1. The minimum absolute atomic E-state index is 0.216. The molecule has 7 heteroatoms. The number of fused-ring (bicyclic) bond motifs is 1. The van der Waals surface area contributed by atoms with Crippen molar-refractivity contribution in [2.75, 3.05) is 7.11 Å². The van der Waals surface area contributed by atoms with Crippen molar-refractivity contribution < 1.29 is 14.6 Å². The van der Waals surface area contributed by atoms with Crippen LogP contribution < -0.4 is 4.74 Å². The summed E-state index contributed by atoms with van der Waals surface area (Å²) in [7, 11) is 1.59. The quantitative estimate of drug-likeness (QED) is 0.504. The maximum absolute atomic E-state index is 11.1. The number of aromatic amines is 1. The van der Waals surface area contributed by atoms with Gasteiger partial charge in [0.2, 0.25) is 0 Å². The monoisotopic (exact) mass is 384 g/mol. The fourth-order valence-corrected chi connectivity index (χ4v) is 3.06. The van der Waals surface area contributed by atoms with Crippen LogP contribution >= 0.6 is 0 Å². The van der Waals surface area contributed by atoms with Gasteiger partial charge in [0, 0.05) is 23.6 Å². The van der Waals surface area contributed by atoms with Gasteiger partial charge < -0.3 is 19.4 Å². The summed E-state index contributed by atoms with van der Waals surface area (Å²) in [4.78, 5) is 18.7. The number of aromatic carboxylic acids is 1. The van der Waals surface area contributed by atoms with Crippen LogP contribution in [0.2, 0.25) is 0 Å². The predicted octanol–water partition coefficient (Wildman–Crippen LogP) is 4.12. The molecule has 0 radical (unpaired) electrons. The molecule has 2 aromatic heterocycles. The number of nitrogens with zero attached hydrogens (tertiary/aromatic N) is 3. The highest BCUT2D eigenvalue weighted by molar-refractivity contribution is 5.90. The Labute approximate surface area is 166 Å². The van der Waals surface area contributed by atoms with Gasteiger partial charge in [-0.2, -0.15) is 5.26 Å². The first-order valence-corrected chi connectivity index (χ1v) is 8.76. The van der Waals surface area contributed by atoms with E-state index in [9.17, 15) is 10.1 Å². The van der Waals surface area contributed by atoms with Crippen LogP contribution in [0, 0.1) is 11.3 Å². The summed E-state index contributed by atoms with van der Waals surface area (Å²) in [6.07, 6.45) is 3.58. The summed E-state index contributed by atoms with van der Waals surface area (Å²) in [6.45, 7) is 0. The van der Waals surface area contributed by atoms with E-state index in [0.29, 0.717) is 17.1 Å². The molecule has 0 aliphatic carbocycles. The molecule has 0 amide bonds. The van der Waals surface area contributed by atoms with Crippen LogP contribution in [0.15, 0.2) is 60.8 Å². The van der Waals surface area contributed by atoms with E-state index in [1.807, 2.05) is 41.1 Å². The van der Waals surface area contributed by atoms with E-state index in [2.05, 4.69) is 16.0 Å². The molecular weight excluding hydrogens is 368 g/mol. The summed E-state index contributed by atoms with van der Waals surface area (Å²) in [5, 5.41) is 18.7. The molecule has 0 saturated heterocycles. The van der Waals surface area contributed by atoms with Crippen molar-refractivity contribution in [3.63, 3.8) is 0 Å². The number of hydrogen-bond donors (Lipinski definition) is 2. The number of carboxylic acids is 1. The maximum atomic E-state index is 11.1. The van der Waals surface area contributed by atoms with Gasteiger partial charge in [-0.25, -0.2) is 9.78 Å². The van der Waals surface area contributed by atoms with Gasteiger partial charge >= 0.3 is 5.97 Å². The number of H-pyrrole nitrogens is 1. The Bertz CT molecular complexity index is 1270. The molecule has 0 saturated carbocycles. The van der Waals surface area contributed by atoms with Crippen molar-refractivity contribution in [2.24, 2.45) is 0 Å². The molecule has 0 spiro atoms. The van der Waals surface area contributed by atoms with Crippen LogP contribution in [0.1, 0.15) is 21.9 Å². The van der Waals surface area contributed by atoms with Gasteiger partial charge in [-0.15, -0.1) is 0 Å². The van der Waals surface area contributed by atoms with Crippen molar-refractivity contribution in [2.45, 2.75) is 0 Å². The number of benzene rings is 2. The van der Waals surface area contributed by atoms with E-state index in [1.54, 1.807) is 37.5 Å². The highest BCUT2D eigenvalue weighted by atomic mass is 16.5. The Kier molecular flexibility index (Phi) is 4.59. The second-order valence-corrected chi connectivity index (χ2v) is 6.29. The topological polar surface area (TPSA) is 104 Å². The Morgan fingerprint density at radius 2 is 2.03 bits per heavy atom. The SMILES string of the molecule is COc1ccc2nc(/C(C#N)=C\c3cccn3-c3ccc(C(=O)O)cc3)[nH]c2c1. The van der Waals surface area contributed by atoms with Crippen LogP contribution in [0.5, 0.6) is 5.75 Å². The lowest BCUT2D eigenvalue weighted by atomic mass is 10.2. The van der Waals surface area contributed by atoms with Gasteiger partial charge in [-0.3, -0.25) is 0 Å². The molecule has 0 fully saturated rings. The van der Waals surface area contributed by atoms with Crippen LogP contribution in [0.4, 0.5) is 0 Å². The Morgan fingerprint density at radius 1 is 1.24 bits per heavy atom. The molecule has 0 atom stereocenters. The third-order valence-corrected chi connectivity index (χ3v) is 4.53. The van der Waals surface area contributed by atoms with Gasteiger partial charge in [0.15, 0.2) is 0 Å². The van der Waals surface area contributed by atoms with Crippen molar-refractivity contribution in [1.29, 1.82) is 5.26 Å². The normalized spacial score (nSPS) is 11.4. The number of rotatable bonds is 5. The largest absolute Gasteiger partial charge is 0.497 e. The highest BCUT2D eigenvalue weighted by Gasteiger charge is 2.11.